The predicted molar refractivity (Wildman–Crippen MR) is 61.7 cm³/mol. The second-order valence-corrected chi connectivity index (χ2v) is 3.93. The van der Waals surface area contributed by atoms with Gasteiger partial charge >= 0.3 is 0 Å². The molecule has 1 amide bonds. The zero-order valence-corrected chi connectivity index (χ0v) is 9.58. The first kappa shape index (κ1) is 11.7. The summed E-state index contributed by atoms with van der Waals surface area (Å²) in [6, 6.07) is 5.60. The number of amides is 1. The van der Waals surface area contributed by atoms with E-state index in [9.17, 15) is 4.79 Å². The Bertz CT molecular complexity index is 336. The molecule has 82 valence electrons. The fourth-order valence-electron chi connectivity index (χ4n) is 1.27. The molecule has 1 N–H and O–H groups in total. The first-order valence-corrected chi connectivity index (χ1v) is 5.35. The summed E-state index contributed by atoms with van der Waals surface area (Å²) in [6.45, 7) is 6.07. The maximum atomic E-state index is 11.5. The Kier molecular flexibility index (Phi) is 4.28. The number of hydrogen-bond acceptors (Lipinski definition) is 2. The SMILES string of the molecule is CCC(C)CC(=O)Nc1cccc(C)n1. The van der Waals surface area contributed by atoms with Crippen LogP contribution < -0.4 is 5.32 Å². The van der Waals surface area contributed by atoms with Gasteiger partial charge in [-0.2, -0.15) is 0 Å². The van der Waals surface area contributed by atoms with Crippen LogP contribution in [0.5, 0.6) is 0 Å². The molecule has 0 saturated carbocycles. The molecule has 0 aliphatic carbocycles. The van der Waals surface area contributed by atoms with Crippen molar-refractivity contribution in [1.29, 1.82) is 0 Å². The van der Waals surface area contributed by atoms with Gasteiger partial charge in [0, 0.05) is 12.1 Å². The molecule has 1 unspecified atom stereocenters. The van der Waals surface area contributed by atoms with Crippen molar-refractivity contribution in [3.05, 3.63) is 23.9 Å². The summed E-state index contributed by atoms with van der Waals surface area (Å²) in [4.78, 5) is 15.8. The highest BCUT2D eigenvalue weighted by molar-refractivity contribution is 5.89. The molecule has 3 heteroatoms. The maximum absolute atomic E-state index is 11.5. The van der Waals surface area contributed by atoms with Crippen LogP contribution in [0.15, 0.2) is 18.2 Å². The van der Waals surface area contributed by atoms with Gasteiger partial charge in [0.2, 0.25) is 5.91 Å². The standard InChI is InChI=1S/C12H18N2O/c1-4-9(2)8-12(15)14-11-7-5-6-10(3)13-11/h5-7,9H,4,8H2,1-3H3,(H,13,14,15). The van der Waals surface area contributed by atoms with Crippen LogP contribution in [-0.2, 0) is 4.79 Å². The number of nitrogens with zero attached hydrogens (tertiary/aromatic N) is 1. The summed E-state index contributed by atoms with van der Waals surface area (Å²) in [5.41, 5.74) is 0.913. The van der Waals surface area contributed by atoms with Gasteiger partial charge in [-0.3, -0.25) is 4.79 Å². The third-order valence-corrected chi connectivity index (χ3v) is 2.39. The van der Waals surface area contributed by atoms with Crippen LogP contribution in [-0.4, -0.2) is 10.9 Å². The van der Waals surface area contributed by atoms with Gasteiger partial charge in [-0.05, 0) is 25.0 Å². The van der Waals surface area contributed by atoms with Crippen molar-refractivity contribution >= 4 is 11.7 Å². The largest absolute Gasteiger partial charge is 0.311 e. The van der Waals surface area contributed by atoms with Crippen LogP contribution in [0.1, 0.15) is 32.4 Å². The van der Waals surface area contributed by atoms with Gasteiger partial charge < -0.3 is 5.32 Å². The van der Waals surface area contributed by atoms with Gasteiger partial charge in [0.1, 0.15) is 5.82 Å². The summed E-state index contributed by atoms with van der Waals surface area (Å²) >= 11 is 0. The monoisotopic (exact) mass is 206 g/mol. The van der Waals surface area contributed by atoms with Crippen molar-refractivity contribution in [2.75, 3.05) is 5.32 Å². The van der Waals surface area contributed by atoms with Crippen LogP contribution >= 0.6 is 0 Å². The Morgan fingerprint density at radius 3 is 2.87 bits per heavy atom. The lowest BCUT2D eigenvalue weighted by Crippen LogP contribution is -2.15. The van der Waals surface area contributed by atoms with E-state index in [4.69, 9.17) is 0 Å². The molecule has 3 nitrogen and oxygen atoms in total. The van der Waals surface area contributed by atoms with E-state index in [-0.39, 0.29) is 5.91 Å². The highest BCUT2D eigenvalue weighted by Gasteiger charge is 2.07. The highest BCUT2D eigenvalue weighted by Crippen LogP contribution is 2.09. The number of rotatable bonds is 4. The quantitative estimate of drug-likeness (QED) is 0.823. The van der Waals surface area contributed by atoms with Crippen molar-refractivity contribution in [2.24, 2.45) is 5.92 Å². The second kappa shape index (κ2) is 5.49. The van der Waals surface area contributed by atoms with E-state index in [0.29, 0.717) is 18.2 Å². The average molecular weight is 206 g/mol. The fraction of sp³-hybridized carbons (Fsp3) is 0.500. The molecule has 0 radical (unpaired) electrons. The third-order valence-electron chi connectivity index (χ3n) is 2.39. The van der Waals surface area contributed by atoms with E-state index >= 15 is 0 Å². The normalized spacial score (nSPS) is 12.2. The van der Waals surface area contributed by atoms with E-state index in [1.54, 1.807) is 0 Å². The minimum absolute atomic E-state index is 0.0439. The van der Waals surface area contributed by atoms with Crippen molar-refractivity contribution in [1.82, 2.24) is 4.98 Å². The first-order valence-electron chi connectivity index (χ1n) is 5.35. The van der Waals surface area contributed by atoms with Gasteiger partial charge in [0.05, 0.1) is 0 Å². The number of anilines is 1. The van der Waals surface area contributed by atoms with Gasteiger partial charge in [-0.15, -0.1) is 0 Å². The molecule has 0 fully saturated rings. The van der Waals surface area contributed by atoms with Gasteiger partial charge in [0.15, 0.2) is 0 Å². The van der Waals surface area contributed by atoms with Crippen molar-refractivity contribution in [3.63, 3.8) is 0 Å². The molecule has 0 aliphatic heterocycles. The molecule has 1 rings (SSSR count). The lowest BCUT2D eigenvalue weighted by molar-refractivity contribution is -0.117. The summed E-state index contributed by atoms with van der Waals surface area (Å²) < 4.78 is 0. The van der Waals surface area contributed by atoms with E-state index in [0.717, 1.165) is 12.1 Å². The van der Waals surface area contributed by atoms with E-state index in [1.807, 2.05) is 25.1 Å². The Hall–Kier alpha value is -1.38. The molecular formula is C12H18N2O. The van der Waals surface area contributed by atoms with Crippen LogP contribution in [0, 0.1) is 12.8 Å². The average Bonchev–Trinajstić information content (AvgIpc) is 2.17. The summed E-state index contributed by atoms with van der Waals surface area (Å²) in [5, 5.41) is 2.80. The lowest BCUT2D eigenvalue weighted by Gasteiger charge is -2.08. The minimum atomic E-state index is 0.0439. The minimum Gasteiger partial charge on any atom is -0.311 e. The lowest BCUT2D eigenvalue weighted by atomic mass is 10.1. The maximum Gasteiger partial charge on any atom is 0.225 e. The molecule has 0 aliphatic rings. The smallest absolute Gasteiger partial charge is 0.225 e. The van der Waals surface area contributed by atoms with Crippen molar-refractivity contribution in [2.45, 2.75) is 33.6 Å². The molecule has 1 aromatic heterocycles. The van der Waals surface area contributed by atoms with E-state index < -0.39 is 0 Å². The number of aryl methyl sites for hydroxylation is 1. The zero-order chi connectivity index (χ0) is 11.3. The molecule has 0 spiro atoms. The van der Waals surface area contributed by atoms with Crippen LogP contribution in [0.4, 0.5) is 5.82 Å². The molecule has 1 atom stereocenters. The van der Waals surface area contributed by atoms with Crippen LogP contribution in [0.3, 0.4) is 0 Å². The van der Waals surface area contributed by atoms with Gasteiger partial charge in [-0.25, -0.2) is 4.98 Å². The van der Waals surface area contributed by atoms with E-state index in [2.05, 4.69) is 24.1 Å². The summed E-state index contributed by atoms with van der Waals surface area (Å²) in [7, 11) is 0. The van der Waals surface area contributed by atoms with Crippen molar-refractivity contribution in [3.8, 4) is 0 Å². The molecular weight excluding hydrogens is 188 g/mol. The van der Waals surface area contributed by atoms with E-state index in [1.165, 1.54) is 0 Å². The number of aromatic nitrogens is 1. The Labute approximate surface area is 90.9 Å². The second-order valence-electron chi connectivity index (χ2n) is 3.93. The number of pyridine rings is 1. The summed E-state index contributed by atoms with van der Waals surface area (Å²) in [5.74, 6) is 1.11. The number of hydrogen-bond donors (Lipinski definition) is 1. The fourth-order valence-corrected chi connectivity index (χ4v) is 1.27. The number of nitrogens with one attached hydrogen (secondary N) is 1. The summed E-state index contributed by atoms with van der Waals surface area (Å²) in [6.07, 6.45) is 1.58. The van der Waals surface area contributed by atoms with Crippen LogP contribution in [0.25, 0.3) is 0 Å². The molecule has 15 heavy (non-hydrogen) atoms. The van der Waals surface area contributed by atoms with Gasteiger partial charge in [-0.1, -0.05) is 26.3 Å². The molecule has 1 heterocycles. The van der Waals surface area contributed by atoms with Crippen molar-refractivity contribution < 1.29 is 4.79 Å². The molecule has 0 bridgehead atoms. The Morgan fingerprint density at radius 2 is 2.27 bits per heavy atom. The number of carbonyl (C=O) groups is 1. The molecule has 0 saturated heterocycles. The topological polar surface area (TPSA) is 42.0 Å². The number of carbonyl (C=O) groups excluding carboxylic acids is 1. The third kappa shape index (κ3) is 4.11. The van der Waals surface area contributed by atoms with Crippen LogP contribution in [0.2, 0.25) is 0 Å². The molecule has 0 aromatic carbocycles. The first-order chi connectivity index (χ1) is 7.11. The Balaban J connectivity index is 2.51. The molecule has 1 aromatic rings. The predicted octanol–water partition coefficient (Wildman–Crippen LogP) is 2.76. The Morgan fingerprint density at radius 1 is 1.53 bits per heavy atom. The zero-order valence-electron chi connectivity index (χ0n) is 9.58. The van der Waals surface area contributed by atoms with Gasteiger partial charge in [0.25, 0.3) is 0 Å². The highest BCUT2D eigenvalue weighted by atomic mass is 16.1.